The molecular formula is C14H13FO2. The van der Waals surface area contributed by atoms with Crippen molar-refractivity contribution in [3.8, 4) is 0 Å². The number of ether oxygens (including phenoxy) is 2. The van der Waals surface area contributed by atoms with E-state index < -0.39 is 5.79 Å². The van der Waals surface area contributed by atoms with Gasteiger partial charge in [0.1, 0.15) is 11.6 Å². The molecule has 0 radical (unpaired) electrons. The molecule has 2 nitrogen and oxygen atoms in total. The lowest BCUT2D eigenvalue weighted by Crippen LogP contribution is -2.24. The van der Waals surface area contributed by atoms with Crippen molar-refractivity contribution in [2.24, 2.45) is 0 Å². The molecule has 3 rings (SSSR count). The lowest BCUT2D eigenvalue weighted by atomic mass is 10.2. The van der Waals surface area contributed by atoms with Crippen molar-refractivity contribution in [1.82, 2.24) is 0 Å². The first-order valence-electron chi connectivity index (χ1n) is 5.75. The fourth-order valence-corrected chi connectivity index (χ4v) is 2.13. The van der Waals surface area contributed by atoms with E-state index >= 15 is 0 Å². The second kappa shape index (κ2) is 4.00. The molecule has 0 aromatic heterocycles. The van der Waals surface area contributed by atoms with Gasteiger partial charge < -0.3 is 9.47 Å². The Hall–Kier alpha value is -1.61. The highest BCUT2D eigenvalue weighted by Crippen LogP contribution is 2.36. The molecule has 1 aromatic carbocycles. The van der Waals surface area contributed by atoms with Gasteiger partial charge in [0.15, 0.2) is 0 Å². The summed E-state index contributed by atoms with van der Waals surface area (Å²) in [6, 6.07) is 6.32. The van der Waals surface area contributed by atoms with Crippen LogP contribution in [0.15, 0.2) is 42.2 Å². The number of hydrogen-bond acceptors (Lipinski definition) is 2. The fraction of sp³-hybridized carbons (Fsp3) is 0.286. The van der Waals surface area contributed by atoms with Gasteiger partial charge in [-0.3, -0.25) is 0 Å². The topological polar surface area (TPSA) is 18.5 Å². The molecular weight excluding hydrogens is 219 g/mol. The van der Waals surface area contributed by atoms with Gasteiger partial charge in [0, 0.05) is 6.42 Å². The van der Waals surface area contributed by atoms with Gasteiger partial charge in [-0.05, 0) is 42.3 Å². The zero-order valence-corrected chi connectivity index (χ0v) is 9.36. The molecule has 0 amide bonds. The Bertz CT molecular complexity index is 468. The van der Waals surface area contributed by atoms with Crippen molar-refractivity contribution in [2.75, 3.05) is 6.61 Å². The maximum absolute atomic E-state index is 12.8. The molecule has 3 heteroatoms. The molecule has 0 bridgehead atoms. The summed E-state index contributed by atoms with van der Waals surface area (Å²) in [7, 11) is 0. The van der Waals surface area contributed by atoms with E-state index in [0.29, 0.717) is 0 Å². The number of allylic oxidation sites excluding steroid dienone is 1. The highest BCUT2D eigenvalue weighted by Gasteiger charge is 2.38. The zero-order valence-electron chi connectivity index (χ0n) is 9.36. The van der Waals surface area contributed by atoms with Crippen LogP contribution in [0.1, 0.15) is 18.4 Å². The second-order valence-electron chi connectivity index (χ2n) is 4.30. The molecule has 1 aromatic rings. The maximum atomic E-state index is 12.8. The van der Waals surface area contributed by atoms with E-state index in [4.69, 9.17) is 9.47 Å². The van der Waals surface area contributed by atoms with Crippen molar-refractivity contribution < 1.29 is 13.9 Å². The van der Waals surface area contributed by atoms with Crippen LogP contribution in [-0.2, 0) is 9.47 Å². The smallest absolute Gasteiger partial charge is 0.230 e. The van der Waals surface area contributed by atoms with Crippen molar-refractivity contribution >= 4 is 6.08 Å². The van der Waals surface area contributed by atoms with E-state index in [1.807, 2.05) is 18.2 Å². The third-order valence-corrected chi connectivity index (χ3v) is 2.99. The van der Waals surface area contributed by atoms with Gasteiger partial charge in [-0.1, -0.05) is 12.1 Å². The Labute approximate surface area is 99.4 Å². The minimum atomic E-state index is -0.536. The minimum Gasteiger partial charge on any atom is -0.459 e. The Kier molecular flexibility index (Phi) is 2.48. The lowest BCUT2D eigenvalue weighted by Gasteiger charge is -2.20. The van der Waals surface area contributed by atoms with Crippen molar-refractivity contribution in [1.29, 1.82) is 0 Å². The van der Waals surface area contributed by atoms with Gasteiger partial charge in [0.2, 0.25) is 5.79 Å². The molecule has 2 aliphatic rings. The van der Waals surface area contributed by atoms with Crippen LogP contribution in [0, 0.1) is 5.82 Å². The predicted molar refractivity (Wildman–Crippen MR) is 62.5 cm³/mol. The van der Waals surface area contributed by atoms with E-state index in [2.05, 4.69) is 0 Å². The summed E-state index contributed by atoms with van der Waals surface area (Å²) in [5.41, 5.74) is 0.918. The largest absolute Gasteiger partial charge is 0.459 e. The molecule has 1 saturated heterocycles. The Morgan fingerprint density at radius 2 is 2.06 bits per heavy atom. The van der Waals surface area contributed by atoms with Crippen molar-refractivity contribution in [3.63, 3.8) is 0 Å². The number of hydrogen-bond donors (Lipinski definition) is 0. The van der Waals surface area contributed by atoms with Crippen LogP contribution in [0.2, 0.25) is 0 Å². The van der Waals surface area contributed by atoms with E-state index in [1.54, 1.807) is 12.1 Å². The van der Waals surface area contributed by atoms with Gasteiger partial charge in [0.05, 0.1) is 6.61 Å². The minimum absolute atomic E-state index is 0.231. The molecule has 2 heterocycles. The summed E-state index contributed by atoms with van der Waals surface area (Å²) in [5, 5.41) is 0. The van der Waals surface area contributed by atoms with Crippen molar-refractivity contribution in [3.05, 3.63) is 53.6 Å². The standard InChI is InChI=1S/C14H13FO2/c15-12-4-2-11(3-5-12)10-13-6-8-14(17-13)7-1-9-16-14/h2-6,8,10H,1,7,9H2/b13-10-. The van der Waals surface area contributed by atoms with Crippen LogP contribution in [0.4, 0.5) is 4.39 Å². The highest BCUT2D eigenvalue weighted by molar-refractivity contribution is 5.55. The number of benzene rings is 1. The maximum Gasteiger partial charge on any atom is 0.230 e. The van der Waals surface area contributed by atoms with Gasteiger partial charge in [-0.15, -0.1) is 0 Å². The molecule has 88 valence electrons. The van der Waals surface area contributed by atoms with Crippen LogP contribution in [-0.4, -0.2) is 12.4 Å². The molecule has 2 aliphatic heterocycles. The first-order chi connectivity index (χ1) is 8.26. The zero-order chi connectivity index (χ0) is 11.7. The third-order valence-electron chi connectivity index (χ3n) is 2.99. The summed E-state index contributed by atoms with van der Waals surface area (Å²) in [4.78, 5) is 0. The van der Waals surface area contributed by atoms with Crippen LogP contribution >= 0.6 is 0 Å². The van der Waals surface area contributed by atoms with Crippen LogP contribution < -0.4 is 0 Å². The molecule has 0 saturated carbocycles. The second-order valence-corrected chi connectivity index (χ2v) is 4.30. The van der Waals surface area contributed by atoms with Gasteiger partial charge >= 0.3 is 0 Å². The molecule has 1 atom stereocenters. The van der Waals surface area contributed by atoms with E-state index in [0.717, 1.165) is 30.8 Å². The summed E-state index contributed by atoms with van der Waals surface area (Å²) < 4.78 is 24.1. The SMILES string of the molecule is Fc1ccc(/C=C2/C=CC3(CCCO3)O2)cc1. The molecule has 1 fully saturated rings. The quantitative estimate of drug-likeness (QED) is 0.740. The third kappa shape index (κ3) is 2.11. The lowest BCUT2D eigenvalue weighted by molar-refractivity contribution is -0.135. The van der Waals surface area contributed by atoms with Gasteiger partial charge in [-0.2, -0.15) is 0 Å². The van der Waals surface area contributed by atoms with Gasteiger partial charge in [0.25, 0.3) is 0 Å². The van der Waals surface area contributed by atoms with Crippen LogP contribution in [0.25, 0.3) is 6.08 Å². The molecule has 0 N–H and O–H groups in total. The Morgan fingerprint density at radius 1 is 1.24 bits per heavy atom. The average Bonchev–Trinajstić information content (AvgIpc) is 2.94. The summed E-state index contributed by atoms with van der Waals surface area (Å²) in [5.74, 6) is -0.00424. The van der Waals surface area contributed by atoms with Crippen molar-refractivity contribution in [2.45, 2.75) is 18.6 Å². The monoisotopic (exact) mass is 232 g/mol. The Morgan fingerprint density at radius 3 is 2.76 bits per heavy atom. The predicted octanol–water partition coefficient (Wildman–Crippen LogP) is 3.26. The van der Waals surface area contributed by atoms with Crippen LogP contribution in [0.5, 0.6) is 0 Å². The average molecular weight is 232 g/mol. The molecule has 17 heavy (non-hydrogen) atoms. The van der Waals surface area contributed by atoms with E-state index in [-0.39, 0.29) is 5.82 Å². The highest BCUT2D eigenvalue weighted by atomic mass is 19.1. The first kappa shape index (κ1) is 10.5. The van der Waals surface area contributed by atoms with Crippen LogP contribution in [0.3, 0.4) is 0 Å². The fourth-order valence-electron chi connectivity index (χ4n) is 2.13. The molecule has 1 spiro atoms. The summed E-state index contributed by atoms with van der Waals surface area (Å²) >= 11 is 0. The summed E-state index contributed by atoms with van der Waals surface area (Å²) in [6.45, 7) is 0.744. The molecule has 1 unspecified atom stereocenters. The first-order valence-corrected chi connectivity index (χ1v) is 5.75. The van der Waals surface area contributed by atoms with E-state index in [1.165, 1.54) is 12.1 Å². The van der Waals surface area contributed by atoms with Gasteiger partial charge in [-0.25, -0.2) is 4.39 Å². The van der Waals surface area contributed by atoms with E-state index in [9.17, 15) is 4.39 Å². The summed E-state index contributed by atoms with van der Waals surface area (Å²) in [6.07, 6.45) is 7.66. The normalized spacial score (nSPS) is 29.1. The molecule has 0 aliphatic carbocycles. The number of halogens is 1. The Balaban J connectivity index is 1.78. The number of rotatable bonds is 1.